The molecule has 0 saturated heterocycles. The van der Waals surface area contributed by atoms with E-state index in [1.54, 1.807) is 0 Å². The third kappa shape index (κ3) is 7.81. The van der Waals surface area contributed by atoms with Gasteiger partial charge in [-0.25, -0.2) is 0 Å². The first kappa shape index (κ1) is 16.6. The van der Waals surface area contributed by atoms with Gasteiger partial charge in [0.25, 0.3) is 0 Å². The van der Waals surface area contributed by atoms with E-state index in [-0.39, 0.29) is 23.5 Å². The molecule has 0 aliphatic carbocycles. The van der Waals surface area contributed by atoms with Crippen molar-refractivity contribution in [2.45, 2.75) is 58.9 Å². The van der Waals surface area contributed by atoms with Crippen LogP contribution in [0, 0.1) is 5.92 Å². The molecule has 0 aliphatic rings. The average molecular weight is 256 g/mol. The van der Waals surface area contributed by atoms with Gasteiger partial charge in [-0.15, -0.1) is 0 Å². The van der Waals surface area contributed by atoms with E-state index in [0.717, 1.165) is 6.42 Å². The van der Waals surface area contributed by atoms with E-state index in [1.807, 2.05) is 13.8 Å². The lowest BCUT2D eigenvalue weighted by atomic mass is 10.0. The van der Waals surface area contributed by atoms with Gasteiger partial charge < -0.3 is 11.1 Å². The minimum absolute atomic E-state index is 0.0212. The Morgan fingerprint density at radius 2 is 1.61 bits per heavy atom. The number of carbonyl (C=O) groups excluding carboxylic acids is 3. The number of primary amides is 1. The number of ketones is 1. The fourth-order valence-electron chi connectivity index (χ4n) is 1.74. The van der Waals surface area contributed by atoms with Crippen molar-refractivity contribution in [3.05, 3.63) is 0 Å². The van der Waals surface area contributed by atoms with Crippen molar-refractivity contribution in [1.82, 2.24) is 5.32 Å². The molecule has 0 fully saturated rings. The molecule has 1 atom stereocenters. The fourth-order valence-corrected chi connectivity index (χ4v) is 1.74. The van der Waals surface area contributed by atoms with E-state index in [1.165, 1.54) is 6.92 Å². The Hall–Kier alpha value is -1.39. The highest BCUT2D eigenvalue weighted by atomic mass is 16.2. The molecule has 0 aliphatic heterocycles. The van der Waals surface area contributed by atoms with E-state index >= 15 is 0 Å². The lowest BCUT2D eigenvalue weighted by molar-refractivity contribution is -0.127. The normalized spacial score (nSPS) is 12.2. The zero-order valence-corrected chi connectivity index (χ0v) is 11.5. The van der Waals surface area contributed by atoms with E-state index < -0.39 is 6.04 Å². The molecule has 0 aromatic heterocycles. The number of nitrogens with two attached hydrogens (primary N) is 1. The van der Waals surface area contributed by atoms with Gasteiger partial charge in [-0.2, -0.15) is 0 Å². The fraction of sp³-hybridized carbons (Fsp3) is 0.769. The van der Waals surface area contributed by atoms with Crippen LogP contribution in [0.15, 0.2) is 0 Å². The SMILES string of the molecule is CC(=O)C(NC(=O)CCCCCC(N)=O)C(C)C. The summed E-state index contributed by atoms with van der Waals surface area (Å²) < 4.78 is 0. The molecule has 0 aromatic rings. The van der Waals surface area contributed by atoms with Crippen LogP contribution in [0.3, 0.4) is 0 Å². The molecule has 3 N–H and O–H groups in total. The Bertz CT molecular complexity index is 301. The molecule has 1 unspecified atom stereocenters. The molecule has 104 valence electrons. The number of Topliss-reactive ketones (excluding diaryl/α,β-unsaturated/α-hetero) is 1. The zero-order chi connectivity index (χ0) is 14.1. The van der Waals surface area contributed by atoms with Crippen LogP contribution >= 0.6 is 0 Å². The monoisotopic (exact) mass is 256 g/mol. The minimum Gasteiger partial charge on any atom is -0.370 e. The summed E-state index contributed by atoms with van der Waals surface area (Å²) in [7, 11) is 0. The molecule has 0 saturated carbocycles. The van der Waals surface area contributed by atoms with Gasteiger partial charge >= 0.3 is 0 Å². The zero-order valence-electron chi connectivity index (χ0n) is 11.5. The number of carbonyl (C=O) groups is 3. The predicted molar refractivity (Wildman–Crippen MR) is 69.7 cm³/mol. The molecular weight excluding hydrogens is 232 g/mol. The van der Waals surface area contributed by atoms with Crippen LogP contribution in [-0.4, -0.2) is 23.6 Å². The summed E-state index contributed by atoms with van der Waals surface area (Å²) in [6.45, 7) is 5.29. The van der Waals surface area contributed by atoms with E-state index in [0.29, 0.717) is 25.7 Å². The first-order chi connectivity index (χ1) is 8.34. The highest BCUT2D eigenvalue weighted by molar-refractivity contribution is 5.87. The molecule has 0 aromatic carbocycles. The van der Waals surface area contributed by atoms with Gasteiger partial charge in [-0.05, 0) is 25.7 Å². The summed E-state index contributed by atoms with van der Waals surface area (Å²) in [6.07, 6.45) is 2.96. The van der Waals surface area contributed by atoms with Crippen molar-refractivity contribution >= 4 is 17.6 Å². The summed E-state index contributed by atoms with van der Waals surface area (Å²) in [6, 6.07) is -0.400. The Balaban J connectivity index is 3.82. The molecule has 0 spiro atoms. The van der Waals surface area contributed by atoms with Crippen LogP contribution in [-0.2, 0) is 14.4 Å². The van der Waals surface area contributed by atoms with Crippen molar-refractivity contribution in [2.75, 3.05) is 0 Å². The standard InChI is InChI=1S/C13H24N2O3/c1-9(2)13(10(3)16)15-12(18)8-6-4-5-7-11(14)17/h9,13H,4-8H2,1-3H3,(H2,14,17)(H,15,18). The maximum Gasteiger partial charge on any atom is 0.220 e. The highest BCUT2D eigenvalue weighted by Crippen LogP contribution is 2.06. The lowest BCUT2D eigenvalue weighted by Crippen LogP contribution is -2.43. The van der Waals surface area contributed by atoms with Crippen LogP contribution in [0.2, 0.25) is 0 Å². The number of nitrogens with one attached hydrogen (secondary N) is 1. The first-order valence-electron chi connectivity index (χ1n) is 6.42. The molecule has 0 bridgehead atoms. The van der Waals surface area contributed by atoms with Crippen molar-refractivity contribution in [1.29, 1.82) is 0 Å². The summed E-state index contributed by atoms with van der Waals surface area (Å²) in [5.74, 6) is -0.340. The molecule has 0 heterocycles. The summed E-state index contributed by atoms with van der Waals surface area (Å²) in [5, 5.41) is 2.74. The van der Waals surface area contributed by atoms with Gasteiger partial charge in [0.05, 0.1) is 6.04 Å². The number of unbranched alkanes of at least 4 members (excludes halogenated alkanes) is 2. The third-order valence-electron chi connectivity index (χ3n) is 2.75. The van der Waals surface area contributed by atoms with Crippen molar-refractivity contribution in [3.8, 4) is 0 Å². The number of amides is 2. The molecular formula is C13H24N2O3. The average Bonchev–Trinajstić information content (AvgIpc) is 2.24. The number of hydrogen-bond donors (Lipinski definition) is 2. The number of hydrogen-bond acceptors (Lipinski definition) is 3. The number of rotatable bonds is 9. The quantitative estimate of drug-likeness (QED) is 0.606. The molecule has 5 nitrogen and oxygen atoms in total. The third-order valence-corrected chi connectivity index (χ3v) is 2.75. The van der Waals surface area contributed by atoms with E-state index in [4.69, 9.17) is 5.73 Å². The summed E-state index contributed by atoms with van der Waals surface area (Å²) in [5.41, 5.74) is 5.01. The van der Waals surface area contributed by atoms with Crippen LogP contribution in [0.5, 0.6) is 0 Å². The van der Waals surface area contributed by atoms with Crippen molar-refractivity contribution < 1.29 is 14.4 Å². The highest BCUT2D eigenvalue weighted by Gasteiger charge is 2.19. The summed E-state index contributed by atoms with van der Waals surface area (Å²) in [4.78, 5) is 33.4. The second-order valence-corrected chi connectivity index (χ2v) is 4.93. The Morgan fingerprint density at radius 3 is 2.06 bits per heavy atom. The van der Waals surface area contributed by atoms with Gasteiger partial charge in [0.1, 0.15) is 0 Å². The van der Waals surface area contributed by atoms with Crippen LogP contribution in [0.4, 0.5) is 0 Å². The predicted octanol–water partition coefficient (Wildman–Crippen LogP) is 1.15. The minimum atomic E-state index is -0.400. The Labute approximate surface area is 108 Å². The van der Waals surface area contributed by atoms with E-state index in [9.17, 15) is 14.4 Å². The van der Waals surface area contributed by atoms with Gasteiger partial charge in [0, 0.05) is 12.8 Å². The molecule has 5 heteroatoms. The van der Waals surface area contributed by atoms with Gasteiger partial charge in [-0.1, -0.05) is 20.3 Å². The second-order valence-electron chi connectivity index (χ2n) is 4.93. The van der Waals surface area contributed by atoms with Gasteiger partial charge in [-0.3, -0.25) is 14.4 Å². The topological polar surface area (TPSA) is 89.3 Å². The van der Waals surface area contributed by atoms with Gasteiger partial charge in [0.15, 0.2) is 5.78 Å². The second kappa shape index (κ2) is 8.66. The largest absolute Gasteiger partial charge is 0.370 e. The maximum absolute atomic E-state index is 11.6. The first-order valence-corrected chi connectivity index (χ1v) is 6.42. The van der Waals surface area contributed by atoms with Crippen LogP contribution < -0.4 is 11.1 Å². The molecule has 0 radical (unpaired) electrons. The lowest BCUT2D eigenvalue weighted by Gasteiger charge is -2.19. The van der Waals surface area contributed by atoms with Crippen LogP contribution in [0.1, 0.15) is 52.9 Å². The van der Waals surface area contributed by atoms with E-state index in [2.05, 4.69) is 5.32 Å². The van der Waals surface area contributed by atoms with Crippen LogP contribution in [0.25, 0.3) is 0 Å². The van der Waals surface area contributed by atoms with Gasteiger partial charge in [0.2, 0.25) is 11.8 Å². The van der Waals surface area contributed by atoms with Crippen molar-refractivity contribution in [3.63, 3.8) is 0 Å². The maximum atomic E-state index is 11.6. The van der Waals surface area contributed by atoms with Crippen molar-refractivity contribution in [2.24, 2.45) is 11.7 Å². The molecule has 2 amide bonds. The smallest absolute Gasteiger partial charge is 0.220 e. The Kier molecular flexibility index (Phi) is 8.00. The molecule has 0 rings (SSSR count). The summed E-state index contributed by atoms with van der Waals surface area (Å²) >= 11 is 0. The Morgan fingerprint density at radius 1 is 1.06 bits per heavy atom. The molecule has 18 heavy (non-hydrogen) atoms.